The summed E-state index contributed by atoms with van der Waals surface area (Å²) in [5, 5.41) is 3.20. The van der Waals surface area contributed by atoms with E-state index in [4.69, 9.17) is 4.74 Å². The summed E-state index contributed by atoms with van der Waals surface area (Å²) >= 11 is 0. The number of benzene rings is 1. The van der Waals surface area contributed by atoms with Gasteiger partial charge in [-0.25, -0.2) is 13.6 Å². The number of rotatable bonds is 4. The third kappa shape index (κ3) is 4.90. The van der Waals surface area contributed by atoms with E-state index in [9.17, 15) is 13.6 Å². The molecule has 24 heavy (non-hydrogen) atoms. The number of amides is 1. The van der Waals surface area contributed by atoms with Crippen molar-refractivity contribution >= 4 is 6.09 Å². The number of hydrogen-bond acceptors (Lipinski definition) is 3. The summed E-state index contributed by atoms with van der Waals surface area (Å²) in [4.78, 5) is 14.0. The lowest BCUT2D eigenvalue weighted by Crippen LogP contribution is -2.44. The molecular weight excluding hydrogens is 314 g/mol. The number of nitrogens with zero attached hydrogens (tertiary/aromatic N) is 1. The molecule has 1 fully saturated rings. The second kappa shape index (κ2) is 7.47. The Kier molecular flexibility index (Phi) is 5.80. The number of hydrogen-bond donors (Lipinski definition) is 1. The third-order valence-electron chi connectivity index (χ3n) is 4.09. The Hall–Kier alpha value is -1.69. The van der Waals surface area contributed by atoms with Gasteiger partial charge in [-0.1, -0.05) is 0 Å². The minimum atomic E-state index is -0.532. The fraction of sp³-hybridized carbons (Fsp3) is 0.611. The van der Waals surface area contributed by atoms with Gasteiger partial charge in [-0.2, -0.15) is 0 Å². The molecule has 6 heteroatoms. The molecule has 0 saturated carbocycles. The third-order valence-corrected chi connectivity index (χ3v) is 4.09. The average molecular weight is 340 g/mol. The molecule has 134 valence electrons. The summed E-state index contributed by atoms with van der Waals surface area (Å²) in [6, 6.07) is 3.09. The highest BCUT2D eigenvalue weighted by Crippen LogP contribution is 2.22. The van der Waals surface area contributed by atoms with Crippen LogP contribution >= 0.6 is 0 Å². The lowest BCUT2D eigenvalue weighted by molar-refractivity contribution is 0.0225. The first kappa shape index (κ1) is 18.6. The zero-order valence-corrected chi connectivity index (χ0v) is 14.7. The molecule has 4 nitrogen and oxygen atoms in total. The number of halogens is 2. The Morgan fingerprint density at radius 2 is 2.12 bits per heavy atom. The molecule has 0 aromatic heterocycles. The second-order valence-electron chi connectivity index (χ2n) is 7.27. The van der Waals surface area contributed by atoms with Crippen molar-refractivity contribution in [3.63, 3.8) is 0 Å². The van der Waals surface area contributed by atoms with Crippen LogP contribution in [0.3, 0.4) is 0 Å². The summed E-state index contributed by atoms with van der Waals surface area (Å²) < 4.78 is 32.6. The Morgan fingerprint density at radius 3 is 2.79 bits per heavy atom. The van der Waals surface area contributed by atoms with E-state index in [0.717, 1.165) is 25.0 Å². The normalized spacial score (nSPS) is 19.4. The first-order valence-corrected chi connectivity index (χ1v) is 8.35. The first-order chi connectivity index (χ1) is 11.2. The van der Waals surface area contributed by atoms with E-state index in [0.29, 0.717) is 13.1 Å². The van der Waals surface area contributed by atoms with Crippen LogP contribution in [0.15, 0.2) is 18.2 Å². The average Bonchev–Trinajstić information content (AvgIpc) is 2.94. The lowest BCUT2D eigenvalue weighted by Gasteiger charge is -2.29. The fourth-order valence-corrected chi connectivity index (χ4v) is 2.88. The quantitative estimate of drug-likeness (QED) is 0.900. The van der Waals surface area contributed by atoms with Crippen LogP contribution in [0.5, 0.6) is 0 Å². The second-order valence-corrected chi connectivity index (χ2v) is 7.27. The lowest BCUT2D eigenvalue weighted by atomic mass is 10.1. The zero-order valence-electron chi connectivity index (χ0n) is 14.7. The number of nitrogens with one attached hydrogen (secondary N) is 1. The molecule has 1 aromatic rings. The molecule has 2 unspecified atom stereocenters. The van der Waals surface area contributed by atoms with Crippen LogP contribution in [-0.4, -0.2) is 35.7 Å². The summed E-state index contributed by atoms with van der Waals surface area (Å²) in [5.41, 5.74) is -0.243. The Morgan fingerprint density at radius 1 is 1.42 bits per heavy atom. The van der Waals surface area contributed by atoms with E-state index < -0.39 is 17.2 Å². The number of likely N-dealkylation sites (tertiary alicyclic amines) is 1. The maximum atomic E-state index is 13.8. The topological polar surface area (TPSA) is 41.6 Å². The van der Waals surface area contributed by atoms with E-state index in [1.165, 1.54) is 6.07 Å². The molecule has 2 atom stereocenters. The van der Waals surface area contributed by atoms with E-state index in [-0.39, 0.29) is 23.7 Å². The van der Waals surface area contributed by atoms with Crippen LogP contribution in [-0.2, 0) is 4.74 Å². The number of carbonyl (C=O) groups is 1. The maximum absolute atomic E-state index is 13.8. The highest BCUT2D eigenvalue weighted by atomic mass is 19.1. The van der Waals surface area contributed by atoms with Gasteiger partial charge in [0.2, 0.25) is 0 Å². The van der Waals surface area contributed by atoms with Gasteiger partial charge in [0.1, 0.15) is 17.2 Å². The van der Waals surface area contributed by atoms with Gasteiger partial charge >= 0.3 is 6.09 Å². The molecular formula is C18H26F2N2O2. The predicted octanol–water partition coefficient (Wildman–Crippen LogP) is 4.01. The van der Waals surface area contributed by atoms with Crippen molar-refractivity contribution in [1.29, 1.82) is 0 Å². The fourth-order valence-electron chi connectivity index (χ4n) is 2.88. The maximum Gasteiger partial charge on any atom is 0.410 e. The summed E-state index contributed by atoms with van der Waals surface area (Å²) in [5.74, 6) is -0.900. The van der Waals surface area contributed by atoms with Gasteiger partial charge in [0.05, 0.1) is 0 Å². The summed E-state index contributed by atoms with van der Waals surface area (Å²) in [6.45, 7) is 8.46. The molecule has 0 spiro atoms. The molecule has 0 bridgehead atoms. The largest absolute Gasteiger partial charge is 0.444 e. The predicted molar refractivity (Wildman–Crippen MR) is 88.7 cm³/mol. The van der Waals surface area contributed by atoms with Crippen molar-refractivity contribution in [2.75, 3.05) is 13.1 Å². The highest BCUT2D eigenvalue weighted by molar-refractivity contribution is 5.69. The van der Waals surface area contributed by atoms with Gasteiger partial charge < -0.3 is 15.0 Å². The van der Waals surface area contributed by atoms with Crippen molar-refractivity contribution in [2.24, 2.45) is 0 Å². The molecule has 0 radical (unpaired) electrons. The van der Waals surface area contributed by atoms with Gasteiger partial charge in [0.25, 0.3) is 0 Å². The van der Waals surface area contributed by atoms with E-state index >= 15 is 0 Å². The van der Waals surface area contributed by atoms with Crippen LogP contribution in [0, 0.1) is 11.6 Å². The SMILES string of the molecule is CC(NCC1CCCN1C(=O)OC(C)(C)C)c1cc(F)ccc1F. The van der Waals surface area contributed by atoms with Crippen molar-refractivity contribution in [1.82, 2.24) is 10.2 Å². The molecule has 1 saturated heterocycles. The number of ether oxygens (including phenoxy) is 1. The minimum Gasteiger partial charge on any atom is -0.444 e. The molecule has 1 N–H and O–H groups in total. The van der Waals surface area contributed by atoms with Crippen molar-refractivity contribution < 1.29 is 18.3 Å². The van der Waals surface area contributed by atoms with Crippen molar-refractivity contribution in [3.8, 4) is 0 Å². The van der Waals surface area contributed by atoms with Crippen molar-refractivity contribution in [2.45, 2.75) is 58.2 Å². The molecule has 0 aliphatic carbocycles. The molecule has 2 rings (SSSR count). The molecule has 1 aliphatic rings. The van der Waals surface area contributed by atoms with E-state index in [2.05, 4.69) is 5.32 Å². The smallest absolute Gasteiger partial charge is 0.410 e. The van der Waals surface area contributed by atoms with Crippen LogP contribution in [0.4, 0.5) is 13.6 Å². The Balaban J connectivity index is 1.95. The van der Waals surface area contributed by atoms with Crippen LogP contribution in [0.25, 0.3) is 0 Å². The monoisotopic (exact) mass is 340 g/mol. The summed E-state index contributed by atoms with van der Waals surface area (Å²) in [6.07, 6.45) is 1.45. The Labute approximate surface area is 142 Å². The van der Waals surface area contributed by atoms with Gasteiger partial charge in [0, 0.05) is 30.7 Å². The van der Waals surface area contributed by atoms with Crippen LogP contribution in [0.2, 0.25) is 0 Å². The van der Waals surface area contributed by atoms with E-state index in [1.54, 1.807) is 11.8 Å². The van der Waals surface area contributed by atoms with Gasteiger partial charge in [-0.3, -0.25) is 0 Å². The van der Waals surface area contributed by atoms with Crippen LogP contribution < -0.4 is 5.32 Å². The molecule has 1 heterocycles. The zero-order chi connectivity index (χ0) is 17.9. The highest BCUT2D eigenvalue weighted by Gasteiger charge is 2.32. The molecule has 1 aromatic carbocycles. The number of carbonyl (C=O) groups excluding carboxylic acids is 1. The molecule has 1 aliphatic heterocycles. The molecule has 1 amide bonds. The van der Waals surface area contributed by atoms with Gasteiger partial charge in [-0.05, 0) is 58.7 Å². The minimum absolute atomic E-state index is 0.001000. The first-order valence-electron chi connectivity index (χ1n) is 8.35. The van der Waals surface area contributed by atoms with Gasteiger partial charge in [-0.15, -0.1) is 0 Å². The van der Waals surface area contributed by atoms with Gasteiger partial charge in [0.15, 0.2) is 0 Å². The standard InChI is InChI=1S/C18H26F2N2O2/c1-12(15-10-13(19)7-8-16(15)20)21-11-14-6-5-9-22(14)17(23)24-18(2,3)4/h7-8,10,12,14,21H,5-6,9,11H2,1-4H3. The van der Waals surface area contributed by atoms with Crippen molar-refractivity contribution in [3.05, 3.63) is 35.4 Å². The summed E-state index contributed by atoms with van der Waals surface area (Å²) in [7, 11) is 0. The Bertz CT molecular complexity index is 587. The van der Waals surface area contributed by atoms with Crippen LogP contribution in [0.1, 0.15) is 52.1 Å². The van der Waals surface area contributed by atoms with E-state index in [1.807, 2.05) is 20.8 Å².